The minimum Gasteiger partial charge on any atom is -0.354 e. The topological polar surface area (TPSA) is 74.8 Å². The summed E-state index contributed by atoms with van der Waals surface area (Å²) in [4.78, 5) is 14.3. The molecule has 4 bridgehead atoms. The van der Waals surface area contributed by atoms with Crippen molar-refractivity contribution < 1.29 is 0 Å². The fraction of sp³-hybridized carbons (Fsp3) is 0.875. The molecule has 0 amide bonds. The van der Waals surface area contributed by atoms with E-state index in [0.717, 1.165) is 42.1 Å². The maximum Gasteiger partial charge on any atom is 0.229 e. The van der Waals surface area contributed by atoms with E-state index in [1.54, 1.807) is 0 Å². The average molecular weight is 413 g/mol. The fourth-order valence-electron chi connectivity index (χ4n) is 6.59. The number of hydrogen-bond acceptors (Lipinski definition) is 6. The lowest BCUT2D eigenvalue weighted by atomic mass is 9.53. The van der Waals surface area contributed by atoms with Gasteiger partial charge in [-0.25, -0.2) is 0 Å². The molecule has 5 saturated carbocycles. The molecule has 6 heteroatoms. The molecule has 0 atom stereocenters. The van der Waals surface area contributed by atoms with Gasteiger partial charge < -0.3 is 16.0 Å². The zero-order chi connectivity index (χ0) is 20.4. The average Bonchev–Trinajstić information content (AvgIpc) is 3.49. The molecule has 1 aromatic rings. The van der Waals surface area contributed by atoms with E-state index in [4.69, 9.17) is 9.97 Å². The number of rotatable bonds is 12. The molecule has 0 spiro atoms. The summed E-state index contributed by atoms with van der Waals surface area (Å²) >= 11 is 0. The highest BCUT2D eigenvalue weighted by Crippen LogP contribution is 2.56. The molecule has 0 aliphatic heterocycles. The molecule has 6 nitrogen and oxygen atoms in total. The monoisotopic (exact) mass is 412 g/mol. The summed E-state index contributed by atoms with van der Waals surface area (Å²) in [5, 5.41) is 10.8. The van der Waals surface area contributed by atoms with Crippen LogP contribution in [0.15, 0.2) is 0 Å². The van der Waals surface area contributed by atoms with E-state index < -0.39 is 0 Å². The summed E-state index contributed by atoms with van der Waals surface area (Å²) < 4.78 is 0. The number of unbranched alkanes of at least 4 members (excludes halogenated alkanes) is 5. The normalized spacial score (nSPS) is 31.7. The van der Waals surface area contributed by atoms with Gasteiger partial charge >= 0.3 is 0 Å². The summed E-state index contributed by atoms with van der Waals surface area (Å²) in [6.45, 7) is 3.21. The molecule has 0 saturated heterocycles. The molecule has 3 N–H and O–H groups in total. The van der Waals surface area contributed by atoms with Gasteiger partial charge in [-0.15, -0.1) is 0 Å². The molecule has 5 aliphatic carbocycles. The number of hydrogen-bond donors (Lipinski definition) is 3. The van der Waals surface area contributed by atoms with Crippen LogP contribution < -0.4 is 16.0 Å². The molecule has 5 aliphatic rings. The van der Waals surface area contributed by atoms with Crippen LogP contribution in [-0.2, 0) is 0 Å². The van der Waals surface area contributed by atoms with Crippen molar-refractivity contribution in [1.82, 2.24) is 15.0 Å². The van der Waals surface area contributed by atoms with Gasteiger partial charge in [0.15, 0.2) is 0 Å². The Morgan fingerprint density at radius 3 is 2.03 bits per heavy atom. The van der Waals surface area contributed by atoms with Crippen molar-refractivity contribution in [3.8, 4) is 0 Å². The van der Waals surface area contributed by atoms with Gasteiger partial charge in [-0.05, 0) is 75.5 Å². The molecule has 1 aromatic heterocycles. The van der Waals surface area contributed by atoms with Gasteiger partial charge in [0.25, 0.3) is 0 Å². The first-order valence-corrected chi connectivity index (χ1v) is 12.7. The number of anilines is 3. The quantitative estimate of drug-likeness (QED) is 0.388. The van der Waals surface area contributed by atoms with Gasteiger partial charge in [-0.1, -0.05) is 39.0 Å². The van der Waals surface area contributed by atoms with Crippen molar-refractivity contribution in [3.05, 3.63) is 0 Å². The zero-order valence-corrected chi connectivity index (χ0v) is 18.8. The molecule has 166 valence electrons. The van der Waals surface area contributed by atoms with E-state index in [1.807, 2.05) is 0 Å². The summed E-state index contributed by atoms with van der Waals surface area (Å²) in [5.74, 6) is 5.00. The van der Waals surface area contributed by atoms with Crippen molar-refractivity contribution >= 4 is 17.8 Å². The fourth-order valence-corrected chi connectivity index (χ4v) is 6.59. The largest absolute Gasteiger partial charge is 0.354 e. The Hall–Kier alpha value is -1.59. The second-order valence-corrected chi connectivity index (χ2v) is 10.7. The molecule has 0 unspecified atom stereocenters. The first-order chi connectivity index (χ1) is 14.7. The van der Waals surface area contributed by atoms with Gasteiger partial charge in [0.1, 0.15) is 0 Å². The SMILES string of the molecule is CCCCCCCCNc1nc(NC2CC2)nc(NC23CC4CC(CC(C4)C2)C3)n1. The van der Waals surface area contributed by atoms with E-state index in [2.05, 4.69) is 27.9 Å². The third kappa shape index (κ3) is 5.00. The third-order valence-electron chi connectivity index (χ3n) is 7.77. The Balaban J connectivity index is 1.22. The maximum absolute atomic E-state index is 4.80. The van der Waals surface area contributed by atoms with Crippen molar-refractivity contribution in [2.24, 2.45) is 17.8 Å². The highest BCUT2D eigenvalue weighted by Gasteiger charge is 2.51. The van der Waals surface area contributed by atoms with E-state index in [-0.39, 0.29) is 5.54 Å². The lowest BCUT2D eigenvalue weighted by molar-refractivity contribution is 0.0103. The molecule has 0 radical (unpaired) electrons. The standard InChI is InChI=1S/C24H40N6/c1-2-3-4-5-6-7-10-25-21-27-22(26-20-8-9-20)29-23(28-21)30-24-14-17-11-18(15-24)13-19(12-17)16-24/h17-20H,2-16H2,1H3,(H3,25,26,27,28,29,30). The minimum atomic E-state index is 0.226. The highest BCUT2D eigenvalue weighted by atomic mass is 15.3. The van der Waals surface area contributed by atoms with Gasteiger partial charge in [-0.3, -0.25) is 0 Å². The summed E-state index contributed by atoms with van der Waals surface area (Å²) in [7, 11) is 0. The second kappa shape index (κ2) is 8.88. The molecule has 30 heavy (non-hydrogen) atoms. The first kappa shape index (κ1) is 20.3. The minimum absolute atomic E-state index is 0.226. The Labute approximate surface area is 181 Å². The Bertz CT molecular complexity index is 680. The summed E-state index contributed by atoms with van der Waals surface area (Å²) in [5.41, 5.74) is 0.226. The lowest BCUT2D eigenvalue weighted by Crippen LogP contribution is -2.55. The lowest BCUT2D eigenvalue weighted by Gasteiger charge is -2.56. The zero-order valence-electron chi connectivity index (χ0n) is 18.8. The van der Waals surface area contributed by atoms with Gasteiger partial charge in [-0.2, -0.15) is 15.0 Å². The van der Waals surface area contributed by atoms with Crippen LogP contribution in [0.1, 0.15) is 96.8 Å². The van der Waals surface area contributed by atoms with Crippen LogP contribution in [-0.4, -0.2) is 33.1 Å². The maximum atomic E-state index is 4.80. The Morgan fingerprint density at radius 2 is 1.37 bits per heavy atom. The van der Waals surface area contributed by atoms with Crippen LogP contribution in [0.2, 0.25) is 0 Å². The number of nitrogens with one attached hydrogen (secondary N) is 3. The predicted molar refractivity (Wildman–Crippen MR) is 123 cm³/mol. The van der Waals surface area contributed by atoms with Crippen LogP contribution in [0.4, 0.5) is 17.8 Å². The van der Waals surface area contributed by atoms with E-state index >= 15 is 0 Å². The van der Waals surface area contributed by atoms with E-state index in [9.17, 15) is 0 Å². The van der Waals surface area contributed by atoms with Crippen LogP contribution in [0, 0.1) is 17.8 Å². The van der Waals surface area contributed by atoms with Crippen molar-refractivity contribution in [3.63, 3.8) is 0 Å². The van der Waals surface area contributed by atoms with Crippen molar-refractivity contribution in [1.29, 1.82) is 0 Å². The molecule has 5 fully saturated rings. The van der Waals surface area contributed by atoms with E-state index in [0.29, 0.717) is 6.04 Å². The highest BCUT2D eigenvalue weighted by molar-refractivity contribution is 5.45. The second-order valence-electron chi connectivity index (χ2n) is 10.7. The van der Waals surface area contributed by atoms with Crippen LogP contribution in [0.5, 0.6) is 0 Å². The van der Waals surface area contributed by atoms with Crippen molar-refractivity contribution in [2.45, 2.75) is 108 Å². The van der Waals surface area contributed by atoms with Crippen LogP contribution in [0.3, 0.4) is 0 Å². The van der Waals surface area contributed by atoms with Gasteiger partial charge in [0.2, 0.25) is 17.8 Å². The van der Waals surface area contributed by atoms with E-state index in [1.165, 1.54) is 89.9 Å². The first-order valence-electron chi connectivity index (χ1n) is 12.7. The summed E-state index contributed by atoms with van der Waals surface area (Å²) in [6, 6.07) is 0.547. The smallest absolute Gasteiger partial charge is 0.229 e. The Morgan fingerprint density at radius 1 is 0.767 bits per heavy atom. The summed E-state index contributed by atoms with van der Waals surface area (Å²) in [6.07, 6.45) is 18.5. The molecule has 6 rings (SSSR count). The number of nitrogens with zero attached hydrogens (tertiary/aromatic N) is 3. The van der Waals surface area contributed by atoms with Crippen molar-refractivity contribution in [2.75, 3.05) is 22.5 Å². The molecule has 1 heterocycles. The van der Waals surface area contributed by atoms with Gasteiger partial charge in [0.05, 0.1) is 0 Å². The van der Waals surface area contributed by atoms with Gasteiger partial charge in [0, 0.05) is 18.1 Å². The Kier molecular flexibility index (Phi) is 6.01. The molecular formula is C24H40N6. The predicted octanol–water partition coefficient (Wildman–Crippen LogP) is 5.60. The third-order valence-corrected chi connectivity index (χ3v) is 7.77. The van der Waals surface area contributed by atoms with Crippen LogP contribution in [0.25, 0.3) is 0 Å². The molecular weight excluding hydrogens is 372 g/mol. The number of aromatic nitrogens is 3. The van der Waals surface area contributed by atoms with Crippen LogP contribution >= 0.6 is 0 Å². The molecule has 0 aromatic carbocycles.